The molecule has 0 heterocycles. The monoisotopic (exact) mass is 631 g/mol. The predicted molar refractivity (Wildman–Crippen MR) is 172 cm³/mol. The molecule has 5 N–H and O–H groups in total. The number of nitrogens with one attached hydrogen (secondary N) is 1. The summed E-state index contributed by atoms with van der Waals surface area (Å²) in [5.74, 6) is -7.59. The first-order chi connectivity index (χ1) is 21.1. The van der Waals surface area contributed by atoms with Crippen LogP contribution < -0.4 is 5.32 Å². The Morgan fingerprint density at radius 2 is 1.38 bits per heavy atom. The molecule has 0 aliphatic heterocycles. The number of carboxylic acid groups (broad SMARTS) is 3. The van der Waals surface area contributed by atoms with Crippen molar-refractivity contribution in [3.8, 4) is 0 Å². The summed E-state index contributed by atoms with van der Waals surface area (Å²) in [5.41, 5.74) is -1.46. The van der Waals surface area contributed by atoms with Crippen molar-refractivity contribution >= 4 is 29.6 Å². The van der Waals surface area contributed by atoms with Crippen molar-refractivity contribution in [2.24, 2.45) is 5.92 Å². The number of Topliss-reactive ketones (excluding diaryl/α,β-unsaturated/α-hetero) is 1. The molecule has 0 radical (unpaired) electrons. The highest BCUT2D eigenvalue weighted by Crippen LogP contribution is 2.26. The van der Waals surface area contributed by atoms with Crippen LogP contribution in [0.2, 0.25) is 0 Å². The second kappa shape index (κ2) is 19.8. The number of rotatable bonds is 23. The van der Waals surface area contributed by atoms with Gasteiger partial charge in [0, 0.05) is 19.3 Å². The van der Waals surface area contributed by atoms with Crippen LogP contribution in [-0.2, 0) is 35.8 Å². The van der Waals surface area contributed by atoms with Crippen LogP contribution in [0.3, 0.4) is 0 Å². The van der Waals surface area contributed by atoms with Crippen LogP contribution in [0.5, 0.6) is 0 Å². The minimum atomic E-state index is -3.00. The van der Waals surface area contributed by atoms with Crippen LogP contribution in [0.1, 0.15) is 122 Å². The SMILES string of the molecule is CCCCCCCC(=O)CCCCCC/C=C/C(C(=O)NC(Cc1ccc(C(C)(C)C)cc1)C(=O)O)C(O)(CC(=O)O)C(=O)O. The van der Waals surface area contributed by atoms with E-state index in [1.165, 1.54) is 18.9 Å². The molecule has 0 spiro atoms. The molecule has 0 fully saturated rings. The molecule has 1 rings (SSSR count). The van der Waals surface area contributed by atoms with Gasteiger partial charge in [0.2, 0.25) is 5.91 Å². The Kier molecular flexibility index (Phi) is 17.4. The zero-order valence-corrected chi connectivity index (χ0v) is 27.3. The molecule has 0 saturated heterocycles. The number of ketones is 1. The van der Waals surface area contributed by atoms with Crippen molar-refractivity contribution in [3.63, 3.8) is 0 Å². The Bertz CT molecular complexity index is 1140. The Morgan fingerprint density at radius 3 is 1.87 bits per heavy atom. The first-order valence-electron chi connectivity index (χ1n) is 16.1. The summed E-state index contributed by atoms with van der Waals surface area (Å²) in [6.45, 7) is 8.27. The van der Waals surface area contributed by atoms with E-state index in [4.69, 9.17) is 0 Å². The first-order valence-corrected chi connectivity index (χ1v) is 16.1. The van der Waals surface area contributed by atoms with Crippen LogP contribution in [0.25, 0.3) is 0 Å². The normalized spacial score (nSPS) is 14.4. The maximum absolute atomic E-state index is 13.3. The highest BCUT2D eigenvalue weighted by Gasteiger charge is 2.49. The molecule has 1 aromatic rings. The van der Waals surface area contributed by atoms with Crippen LogP contribution in [-0.4, -0.2) is 61.7 Å². The Morgan fingerprint density at radius 1 is 0.822 bits per heavy atom. The van der Waals surface area contributed by atoms with Gasteiger partial charge < -0.3 is 25.7 Å². The molecule has 10 nitrogen and oxygen atoms in total. The van der Waals surface area contributed by atoms with Crippen LogP contribution >= 0.6 is 0 Å². The van der Waals surface area contributed by atoms with Crippen LogP contribution in [0, 0.1) is 5.92 Å². The van der Waals surface area contributed by atoms with Crippen molar-refractivity contribution in [1.82, 2.24) is 5.32 Å². The quantitative estimate of drug-likeness (QED) is 0.0734. The number of aliphatic hydroxyl groups is 1. The molecule has 10 heteroatoms. The van der Waals surface area contributed by atoms with E-state index in [0.29, 0.717) is 31.2 Å². The lowest BCUT2D eigenvalue weighted by atomic mass is 9.82. The van der Waals surface area contributed by atoms with E-state index in [2.05, 4.69) is 12.2 Å². The molecule has 0 bridgehead atoms. The standard InChI is InChI=1S/C35H53NO9/c1-5-6-7-10-13-16-27(37)17-14-11-8-9-12-15-18-28(35(45,33(43)44)24-30(38)39)31(40)36-29(32(41)42)23-25-19-21-26(22-20-25)34(2,3)4/h15,18-22,28-29,45H,5-14,16-17,23-24H2,1-4H3,(H,36,40)(H,38,39)(H,41,42)(H,43,44)/b18-15+. The molecule has 1 amide bonds. The number of hydrogen-bond donors (Lipinski definition) is 5. The van der Waals surface area contributed by atoms with E-state index < -0.39 is 47.8 Å². The smallest absolute Gasteiger partial charge is 0.337 e. The average Bonchev–Trinajstić information content (AvgIpc) is 2.95. The van der Waals surface area contributed by atoms with E-state index in [1.54, 1.807) is 12.1 Å². The molecule has 1 aromatic carbocycles. The molecule has 252 valence electrons. The zero-order chi connectivity index (χ0) is 34.0. The van der Waals surface area contributed by atoms with Gasteiger partial charge in [0.15, 0.2) is 5.60 Å². The molecule has 45 heavy (non-hydrogen) atoms. The maximum atomic E-state index is 13.3. The molecule has 0 saturated carbocycles. The van der Waals surface area contributed by atoms with Gasteiger partial charge in [-0.25, -0.2) is 9.59 Å². The van der Waals surface area contributed by atoms with Gasteiger partial charge in [0.05, 0.1) is 12.3 Å². The molecule has 3 unspecified atom stereocenters. The van der Waals surface area contributed by atoms with Crippen molar-refractivity contribution < 1.29 is 44.4 Å². The fourth-order valence-electron chi connectivity index (χ4n) is 5.07. The third kappa shape index (κ3) is 14.9. The lowest BCUT2D eigenvalue weighted by molar-refractivity contribution is -0.172. The summed E-state index contributed by atoms with van der Waals surface area (Å²) in [5, 5.41) is 42.0. The molecule has 0 aliphatic carbocycles. The fourth-order valence-corrected chi connectivity index (χ4v) is 5.07. The zero-order valence-electron chi connectivity index (χ0n) is 27.3. The maximum Gasteiger partial charge on any atom is 0.337 e. The van der Waals surface area contributed by atoms with Crippen molar-refractivity contribution in [1.29, 1.82) is 0 Å². The van der Waals surface area contributed by atoms with E-state index in [-0.39, 0.29) is 17.6 Å². The summed E-state index contributed by atoms with van der Waals surface area (Å²) >= 11 is 0. The number of allylic oxidation sites excluding steroid dienone is 1. The highest BCUT2D eigenvalue weighted by atomic mass is 16.4. The molecule has 3 atom stereocenters. The fraction of sp³-hybridized carbons (Fsp3) is 0.629. The summed E-state index contributed by atoms with van der Waals surface area (Å²) in [6.07, 6.45) is 11.4. The number of aliphatic carboxylic acids is 3. The topological polar surface area (TPSA) is 178 Å². The van der Waals surface area contributed by atoms with Crippen molar-refractivity contribution in [2.45, 2.75) is 135 Å². The third-order valence-corrected chi connectivity index (χ3v) is 7.93. The van der Waals surface area contributed by atoms with Crippen LogP contribution in [0.15, 0.2) is 36.4 Å². The summed E-state index contributed by atoms with van der Waals surface area (Å²) in [7, 11) is 0. The van der Waals surface area contributed by atoms with E-state index in [0.717, 1.165) is 50.2 Å². The van der Waals surface area contributed by atoms with E-state index in [9.17, 15) is 44.4 Å². The predicted octanol–water partition coefficient (Wildman–Crippen LogP) is 5.83. The number of amides is 1. The summed E-state index contributed by atoms with van der Waals surface area (Å²) in [6, 6.07) is 5.79. The molecular formula is C35H53NO9. The van der Waals surface area contributed by atoms with Gasteiger partial charge >= 0.3 is 17.9 Å². The molecule has 0 aromatic heterocycles. The largest absolute Gasteiger partial charge is 0.481 e. The Balaban J connectivity index is 2.85. The number of unbranched alkanes of at least 4 members (excludes halogenated alkanes) is 8. The second-order valence-corrected chi connectivity index (χ2v) is 12.9. The number of benzene rings is 1. The number of carbonyl (C=O) groups is 5. The third-order valence-electron chi connectivity index (χ3n) is 7.93. The Labute approximate surface area is 267 Å². The highest BCUT2D eigenvalue weighted by molar-refractivity contribution is 5.94. The van der Waals surface area contributed by atoms with Gasteiger partial charge in [0.1, 0.15) is 11.8 Å². The summed E-state index contributed by atoms with van der Waals surface area (Å²) < 4.78 is 0. The van der Waals surface area contributed by atoms with Gasteiger partial charge in [-0.15, -0.1) is 0 Å². The lowest BCUT2D eigenvalue weighted by Crippen LogP contribution is -2.55. The van der Waals surface area contributed by atoms with Crippen molar-refractivity contribution in [2.75, 3.05) is 0 Å². The number of carbonyl (C=O) groups excluding carboxylic acids is 2. The van der Waals surface area contributed by atoms with Gasteiger partial charge in [-0.1, -0.05) is 103 Å². The minimum Gasteiger partial charge on any atom is -0.481 e. The summed E-state index contributed by atoms with van der Waals surface area (Å²) in [4.78, 5) is 60.8. The second-order valence-electron chi connectivity index (χ2n) is 12.9. The number of carboxylic acids is 3. The minimum absolute atomic E-state index is 0.103. The van der Waals surface area contributed by atoms with Gasteiger partial charge in [-0.2, -0.15) is 0 Å². The number of hydrogen-bond acceptors (Lipinski definition) is 6. The molecule has 0 aliphatic rings. The van der Waals surface area contributed by atoms with E-state index >= 15 is 0 Å². The molecular weight excluding hydrogens is 578 g/mol. The van der Waals surface area contributed by atoms with Gasteiger partial charge in [0.25, 0.3) is 0 Å². The van der Waals surface area contributed by atoms with Gasteiger partial charge in [-0.3, -0.25) is 14.4 Å². The van der Waals surface area contributed by atoms with Gasteiger partial charge in [-0.05, 0) is 42.2 Å². The first kappa shape index (κ1) is 39.5. The lowest BCUT2D eigenvalue weighted by Gasteiger charge is -2.29. The van der Waals surface area contributed by atoms with Crippen LogP contribution in [0.4, 0.5) is 0 Å². The van der Waals surface area contributed by atoms with Crippen molar-refractivity contribution in [3.05, 3.63) is 47.5 Å². The Hall–Kier alpha value is -3.53. The van der Waals surface area contributed by atoms with E-state index in [1.807, 2.05) is 32.9 Å². The average molecular weight is 632 g/mol.